The van der Waals surface area contributed by atoms with Gasteiger partial charge in [0.2, 0.25) is 10.0 Å². The van der Waals surface area contributed by atoms with Crippen LogP contribution in [0.25, 0.3) is 0 Å². The topological polar surface area (TPSA) is 105 Å². The van der Waals surface area contributed by atoms with Gasteiger partial charge in [0.15, 0.2) is 0 Å². The Bertz CT molecular complexity index is 1010. The van der Waals surface area contributed by atoms with Crippen molar-refractivity contribution >= 4 is 32.8 Å². The highest BCUT2D eigenvalue weighted by atomic mass is 32.2. The normalized spacial score (nSPS) is 17.7. The van der Waals surface area contributed by atoms with Gasteiger partial charge >= 0.3 is 0 Å². The van der Waals surface area contributed by atoms with Crippen LogP contribution in [0.4, 0.5) is 22.7 Å². The standard InChI is InChI=1S/C20H24N4O4S/c25-24(26)20-14-18(29(27,28)23-11-2-1-3-12-23)9-10-19(20)22-17-6-4-5-16(13-17)21-15-7-8-15/h4-6,9-10,13-15,21-22H,1-3,7-8,11-12H2. The molecule has 0 unspecified atom stereocenters. The van der Waals surface area contributed by atoms with Crippen LogP contribution in [0.5, 0.6) is 0 Å². The minimum atomic E-state index is -3.73. The first kappa shape index (κ1) is 19.7. The molecule has 1 aliphatic heterocycles. The smallest absolute Gasteiger partial charge is 0.294 e. The fraction of sp³-hybridized carbons (Fsp3) is 0.400. The van der Waals surface area contributed by atoms with Gasteiger partial charge in [0.1, 0.15) is 5.69 Å². The molecule has 9 heteroatoms. The lowest BCUT2D eigenvalue weighted by Gasteiger charge is -2.25. The second-order valence-corrected chi connectivity index (χ2v) is 9.46. The highest BCUT2D eigenvalue weighted by Crippen LogP contribution is 2.33. The zero-order valence-electron chi connectivity index (χ0n) is 16.0. The van der Waals surface area contributed by atoms with Crippen LogP contribution in [-0.4, -0.2) is 36.8 Å². The monoisotopic (exact) mass is 416 g/mol. The molecule has 0 spiro atoms. The number of anilines is 3. The summed E-state index contributed by atoms with van der Waals surface area (Å²) in [4.78, 5) is 11.0. The van der Waals surface area contributed by atoms with Crippen LogP contribution in [0.1, 0.15) is 32.1 Å². The van der Waals surface area contributed by atoms with Crippen molar-refractivity contribution in [1.29, 1.82) is 0 Å². The van der Waals surface area contributed by atoms with Gasteiger partial charge in [-0.25, -0.2) is 8.42 Å². The van der Waals surface area contributed by atoms with Crippen molar-refractivity contribution in [2.24, 2.45) is 0 Å². The maximum absolute atomic E-state index is 12.9. The first-order valence-corrected chi connectivity index (χ1v) is 11.3. The molecule has 0 aromatic heterocycles. The lowest BCUT2D eigenvalue weighted by atomic mass is 10.2. The molecule has 2 aliphatic rings. The highest BCUT2D eigenvalue weighted by Gasteiger charge is 2.28. The minimum Gasteiger partial charge on any atom is -0.382 e. The van der Waals surface area contributed by atoms with Gasteiger partial charge in [0.25, 0.3) is 5.69 Å². The van der Waals surface area contributed by atoms with E-state index in [-0.39, 0.29) is 16.3 Å². The van der Waals surface area contributed by atoms with E-state index in [0.717, 1.165) is 43.9 Å². The number of nitrogens with zero attached hydrogens (tertiary/aromatic N) is 2. The van der Waals surface area contributed by atoms with Crippen LogP contribution in [0, 0.1) is 10.1 Å². The summed E-state index contributed by atoms with van der Waals surface area (Å²) < 4.78 is 27.1. The summed E-state index contributed by atoms with van der Waals surface area (Å²) in [5.74, 6) is 0. The molecule has 2 N–H and O–H groups in total. The number of piperidine rings is 1. The third kappa shape index (κ3) is 4.51. The van der Waals surface area contributed by atoms with Gasteiger partial charge in [-0.15, -0.1) is 0 Å². The Morgan fingerprint density at radius 2 is 1.72 bits per heavy atom. The number of hydrogen-bond donors (Lipinski definition) is 2. The molecular weight excluding hydrogens is 392 g/mol. The Kier molecular flexibility index (Phi) is 5.42. The third-order valence-electron chi connectivity index (χ3n) is 5.21. The number of benzene rings is 2. The molecule has 154 valence electrons. The predicted octanol–water partition coefficient (Wildman–Crippen LogP) is 4.09. The van der Waals surface area contributed by atoms with Crippen LogP contribution in [0.15, 0.2) is 47.4 Å². The van der Waals surface area contributed by atoms with Crippen molar-refractivity contribution in [2.75, 3.05) is 23.7 Å². The van der Waals surface area contributed by atoms with Crippen molar-refractivity contribution in [3.63, 3.8) is 0 Å². The number of rotatable bonds is 7. The van der Waals surface area contributed by atoms with E-state index in [9.17, 15) is 18.5 Å². The van der Waals surface area contributed by atoms with Crippen molar-refractivity contribution in [1.82, 2.24) is 4.31 Å². The molecule has 2 aromatic carbocycles. The highest BCUT2D eigenvalue weighted by molar-refractivity contribution is 7.89. The number of sulfonamides is 1. The van der Waals surface area contributed by atoms with Gasteiger partial charge in [0.05, 0.1) is 9.82 Å². The van der Waals surface area contributed by atoms with Crippen LogP contribution in [-0.2, 0) is 10.0 Å². The van der Waals surface area contributed by atoms with Gasteiger partial charge in [0, 0.05) is 36.6 Å². The van der Waals surface area contributed by atoms with E-state index in [1.54, 1.807) is 0 Å². The van der Waals surface area contributed by atoms with Gasteiger partial charge in [-0.2, -0.15) is 4.31 Å². The van der Waals surface area contributed by atoms with Gasteiger partial charge in [-0.3, -0.25) is 10.1 Å². The maximum atomic E-state index is 12.9. The van der Waals surface area contributed by atoms with E-state index < -0.39 is 14.9 Å². The summed E-state index contributed by atoms with van der Waals surface area (Å²) in [7, 11) is -3.73. The van der Waals surface area contributed by atoms with E-state index in [4.69, 9.17) is 0 Å². The lowest BCUT2D eigenvalue weighted by Crippen LogP contribution is -2.35. The largest absolute Gasteiger partial charge is 0.382 e. The van der Waals surface area contributed by atoms with Crippen molar-refractivity contribution in [2.45, 2.75) is 43.0 Å². The molecule has 29 heavy (non-hydrogen) atoms. The molecule has 1 saturated carbocycles. The van der Waals surface area contributed by atoms with Crippen molar-refractivity contribution < 1.29 is 13.3 Å². The second-order valence-electron chi connectivity index (χ2n) is 7.53. The molecule has 0 amide bonds. The van der Waals surface area contributed by atoms with E-state index in [0.29, 0.717) is 24.8 Å². The molecule has 4 rings (SSSR count). The molecule has 0 radical (unpaired) electrons. The Morgan fingerprint density at radius 3 is 2.41 bits per heavy atom. The summed E-state index contributed by atoms with van der Waals surface area (Å²) in [6, 6.07) is 12.1. The van der Waals surface area contributed by atoms with Crippen molar-refractivity contribution in [3.05, 3.63) is 52.6 Å². The molecule has 0 atom stereocenters. The van der Waals surface area contributed by atoms with Crippen LogP contribution in [0.2, 0.25) is 0 Å². The molecule has 1 saturated heterocycles. The average Bonchev–Trinajstić information content (AvgIpc) is 3.53. The summed E-state index contributed by atoms with van der Waals surface area (Å²) in [6.45, 7) is 0.911. The number of nitrogens with one attached hydrogen (secondary N) is 2. The SMILES string of the molecule is O=[N+]([O-])c1cc(S(=O)(=O)N2CCCCC2)ccc1Nc1cccc(NC2CC2)c1. The Balaban J connectivity index is 1.60. The molecule has 0 bridgehead atoms. The lowest BCUT2D eigenvalue weighted by molar-refractivity contribution is -0.384. The van der Waals surface area contributed by atoms with Crippen LogP contribution < -0.4 is 10.6 Å². The van der Waals surface area contributed by atoms with Gasteiger partial charge in [-0.05, 0) is 56.0 Å². The van der Waals surface area contributed by atoms with Crippen molar-refractivity contribution in [3.8, 4) is 0 Å². The summed E-state index contributed by atoms with van der Waals surface area (Å²) >= 11 is 0. The Labute approximate surface area is 170 Å². The van der Waals surface area contributed by atoms with E-state index >= 15 is 0 Å². The molecule has 2 aromatic rings. The Morgan fingerprint density at radius 1 is 1.00 bits per heavy atom. The molecule has 1 heterocycles. The summed E-state index contributed by atoms with van der Waals surface area (Å²) in [5, 5.41) is 18.1. The maximum Gasteiger partial charge on any atom is 0.294 e. The third-order valence-corrected chi connectivity index (χ3v) is 7.10. The fourth-order valence-electron chi connectivity index (χ4n) is 3.49. The van der Waals surface area contributed by atoms with Crippen LogP contribution >= 0.6 is 0 Å². The number of hydrogen-bond acceptors (Lipinski definition) is 6. The van der Waals surface area contributed by atoms with Crippen LogP contribution in [0.3, 0.4) is 0 Å². The fourth-order valence-corrected chi connectivity index (χ4v) is 5.03. The molecule has 8 nitrogen and oxygen atoms in total. The first-order chi connectivity index (χ1) is 13.9. The zero-order valence-corrected chi connectivity index (χ0v) is 16.8. The molecule has 1 aliphatic carbocycles. The van der Waals surface area contributed by atoms with E-state index in [2.05, 4.69) is 10.6 Å². The zero-order chi connectivity index (χ0) is 20.4. The number of nitro benzene ring substituents is 1. The predicted molar refractivity (Wildman–Crippen MR) is 112 cm³/mol. The molecular formula is C20H24N4O4S. The second kappa shape index (κ2) is 8.00. The van der Waals surface area contributed by atoms with Gasteiger partial charge < -0.3 is 10.6 Å². The minimum absolute atomic E-state index is 0.0409. The summed E-state index contributed by atoms with van der Waals surface area (Å²) in [5.41, 5.74) is 1.65. The van der Waals surface area contributed by atoms with E-state index in [1.165, 1.54) is 16.4 Å². The quantitative estimate of drug-likeness (QED) is 0.520. The summed E-state index contributed by atoms with van der Waals surface area (Å²) in [6.07, 6.45) is 4.92. The first-order valence-electron chi connectivity index (χ1n) is 9.86. The van der Waals surface area contributed by atoms with Gasteiger partial charge in [-0.1, -0.05) is 12.5 Å². The molecule has 2 fully saturated rings. The van der Waals surface area contributed by atoms with E-state index in [1.807, 2.05) is 24.3 Å². The number of nitro groups is 1. The Hall–Kier alpha value is -2.65. The average molecular weight is 417 g/mol.